The number of carbonyl (C=O) groups excluding carboxylic acids is 1. The van der Waals surface area contributed by atoms with Gasteiger partial charge in [-0.25, -0.2) is 0 Å². The lowest BCUT2D eigenvalue weighted by Gasteiger charge is -2.40. The highest BCUT2D eigenvalue weighted by atomic mass is 16.7. The van der Waals surface area contributed by atoms with Crippen LogP contribution < -0.4 is 5.32 Å². The molecule has 1 aliphatic rings. The fourth-order valence-electron chi connectivity index (χ4n) is 9.74. The molecule has 0 bridgehead atoms. The standard InChI is InChI=1S/C64H117NO8/c1-3-5-7-9-11-13-14-15-16-17-18-19-20-21-22-23-24-25-26-27-28-29-30-31-32-33-34-35-36-37-38-39-40-41-42-43-44-46-48-50-52-54-60(68)65-57(58(67)53-51-49-47-45-12-10-8-6-4-2)56-72-64-63(71)62(70)61(69)59(55-66)73-64/h5,7,11,13,15-16,18-19,51,53,57-59,61-64,66-67,69-71H,3-4,6,8-10,12,14,17,20-50,52,54-56H2,1-2H3,(H,65,68)/b7-5-,13-11-,16-15-,19-18-,53-51+. The van der Waals surface area contributed by atoms with Crippen molar-refractivity contribution in [3.63, 3.8) is 0 Å². The SMILES string of the molecule is CC/C=C\C/C=C\C/C=C\C/C=C\CCCCCCCCCCCCCCCCCCCCCCCCCCCCCCC(=O)NC(COC1OC(CO)C(O)C(O)C1O)C(O)/C=C/CCCCCCCCC. The Morgan fingerprint density at radius 3 is 1.26 bits per heavy atom. The van der Waals surface area contributed by atoms with Crippen molar-refractivity contribution < 1.29 is 39.8 Å². The molecule has 7 unspecified atom stereocenters. The van der Waals surface area contributed by atoms with Crippen LogP contribution in [0.5, 0.6) is 0 Å². The minimum atomic E-state index is -1.56. The first-order valence-corrected chi connectivity index (χ1v) is 31.0. The molecular weight excluding hydrogens is 911 g/mol. The molecule has 0 aliphatic carbocycles. The third-order valence-electron chi connectivity index (χ3n) is 14.6. The molecular formula is C64H117NO8. The Bertz CT molecular complexity index is 1330. The topological polar surface area (TPSA) is 149 Å². The largest absolute Gasteiger partial charge is 0.394 e. The van der Waals surface area contributed by atoms with Crippen LogP contribution in [0, 0.1) is 0 Å². The lowest BCUT2D eigenvalue weighted by atomic mass is 9.99. The maximum absolute atomic E-state index is 13.0. The van der Waals surface area contributed by atoms with Gasteiger partial charge in [0.15, 0.2) is 6.29 Å². The Kier molecular flexibility index (Phi) is 50.3. The van der Waals surface area contributed by atoms with Gasteiger partial charge in [0.1, 0.15) is 24.4 Å². The van der Waals surface area contributed by atoms with Gasteiger partial charge in [0.05, 0.1) is 25.4 Å². The first-order valence-electron chi connectivity index (χ1n) is 31.0. The van der Waals surface area contributed by atoms with Gasteiger partial charge in [-0.1, -0.05) is 280 Å². The van der Waals surface area contributed by atoms with Crippen molar-refractivity contribution in [2.24, 2.45) is 0 Å². The van der Waals surface area contributed by atoms with E-state index in [9.17, 15) is 30.3 Å². The summed E-state index contributed by atoms with van der Waals surface area (Å²) in [6.07, 6.45) is 66.4. The number of hydrogen-bond donors (Lipinski definition) is 6. The molecule has 7 atom stereocenters. The number of allylic oxidation sites excluding steroid dienone is 9. The summed E-state index contributed by atoms with van der Waals surface area (Å²) in [5, 5.41) is 54.2. The summed E-state index contributed by atoms with van der Waals surface area (Å²) in [5.74, 6) is -0.176. The number of ether oxygens (including phenoxy) is 2. The molecule has 0 aromatic heterocycles. The highest BCUT2D eigenvalue weighted by Crippen LogP contribution is 2.23. The zero-order chi connectivity index (χ0) is 52.9. The number of carbonyl (C=O) groups is 1. The van der Waals surface area contributed by atoms with Crippen molar-refractivity contribution in [1.82, 2.24) is 5.32 Å². The van der Waals surface area contributed by atoms with E-state index in [0.29, 0.717) is 6.42 Å². The van der Waals surface area contributed by atoms with Gasteiger partial charge in [-0.3, -0.25) is 4.79 Å². The summed E-state index contributed by atoms with van der Waals surface area (Å²) in [4.78, 5) is 13.0. The minimum absolute atomic E-state index is 0.176. The Hall–Kier alpha value is -2.11. The van der Waals surface area contributed by atoms with Crippen LogP contribution in [0.2, 0.25) is 0 Å². The quantitative estimate of drug-likeness (QED) is 0.0261. The molecule has 426 valence electrons. The van der Waals surface area contributed by atoms with Gasteiger partial charge >= 0.3 is 0 Å². The van der Waals surface area contributed by atoms with Crippen molar-refractivity contribution in [1.29, 1.82) is 0 Å². The van der Waals surface area contributed by atoms with E-state index in [4.69, 9.17) is 9.47 Å². The Morgan fingerprint density at radius 1 is 0.479 bits per heavy atom. The molecule has 73 heavy (non-hydrogen) atoms. The summed E-state index contributed by atoms with van der Waals surface area (Å²) in [5.41, 5.74) is 0. The second-order valence-corrected chi connectivity index (χ2v) is 21.5. The minimum Gasteiger partial charge on any atom is -0.394 e. The maximum atomic E-state index is 13.0. The third kappa shape index (κ3) is 42.7. The molecule has 0 saturated carbocycles. The number of aliphatic hydroxyl groups is 5. The fraction of sp³-hybridized carbons (Fsp3) is 0.828. The van der Waals surface area contributed by atoms with Gasteiger partial charge in [0, 0.05) is 6.42 Å². The molecule has 0 radical (unpaired) electrons. The van der Waals surface area contributed by atoms with Gasteiger partial charge in [0.2, 0.25) is 5.91 Å². The molecule has 0 aromatic carbocycles. The van der Waals surface area contributed by atoms with Crippen LogP contribution in [0.3, 0.4) is 0 Å². The number of unbranched alkanes of at least 4 members (excludes halogenated alkanes) is 35. The molecule has 0 aromatic rings. The summed E-state index contributed by atoms with van der Waals surface area (Å²) >= 11 is 0. The molecule has 1 fully saturated rings. The molecule has 0 spiro atoms. The van der Waals surface area contributed by atoms with Crippen LogP contribution in [0.25, 0.3) is 0 Å². The van der Waals surface area contributed by atoms with Gasteiger partial charge < -0.3 is 40.3 Å². The molecule has 1 saturated heterocycles. The van der Waals surface area contributed by atoms with Crippen LogP contribution in [-0.2, 0) is 14.3 Å². The Morgan fingerprint density at radius 2 is 0.849 bits per heavy atom. The van der Waals surface area contributed by atoms with Crippen LogP contribution in [-0.4, -0.2) is 87.5 Å². The van der Waals surface area contributed by atoms with Crippen LogP contribution >= 0.6 is 0 Å². The summed E-state index contributed by atoms with van der Waals surface area (Å²) in [7, 11) is 0. The summed E-state index contributed by atoms with van der Waals surface area (Å²) < 4.78 is 11.2. The average Bonchev–Trinajstić information content (AvgIpc) is 3.39. The average molecular weight is 1030 g/mol. The zero-order valence-electron chi connectivity index (χ0n) is 47.4. The number of aliphatic hydroxyl groups excluding tert-OH is 5. The molecule has 1 heterocycles. The Balaban J connectivity index is 1.97. The third-order valence-corrected chi connectivity index (χ3v) is 14.6. The van der Waals surface area contributed by atoms with Crippen molar-refractivity contribution in [2.75, 3.05) is 13.2 Å². The molecule has 9 heteroatoms. The smallest absolute Gasteiger partial charge is 0.220 e. The lowest BCUT2D eigenvalue weighted by molar-refractivity contribution is -0.302. The lowest BCUT2D eigenvalue weighted by Crippen LogP contribution is -2.60. The molecule has 9 nitrogen and oxygen atoms in total. The Labute approximate surface area is 449 Å². The van der Waals surface area contributed by atoms with Crippen LogP contribution in [0.4, 0.5) is 0 Å². The first-order chi connectivity index (χ1) is 35.8. The number of nitrogens with one attached hydrogen (secondary N) is 1. The number of hydrogen-bond acceptors (Lipinski definition) is 8. The van der Waals surface area contributed by atoms with Gasteiger partial charge in [-0.15, -0.1) is 0 Å². The van der Waals surface area contributed by atoms with E-state index in [1.807, 2.05) is 6.08 Å². The zero-order valence-corrected chi connectivity index (χ0v) is 47.4. The van der Waals surface area contributed by atoms with E-state index in [0.717, 1.165) is 64.2 Å². The van der Waals surface area contributed by atoms with E-state index in [-0.39, 0.29) is 12.5 Å². The number of amides is 1. The predicted octanol–water partition coefficient (Wildman–Crippen LogP) is 15.9. The molecule has 1 aliphatic heterocycles. The monoisotopic (exact) mass is 1030 g/mol. The van der Waals surface area contributed by atoms with E-state index < -0.39 is 49.5 Å². The van der Waals surface area contributed by atoms with Gasteiger partial charge in [-0.2, -0.15) is 0 Å². The second-order valence-electron chi connectivity index (χ2n) is 21.5. The first kappa shape index (κ1) is 68.9. The van der Waals surface area contributed by atoms with Crippen LogP contribution in [0.15, 0.2) is 60.8 Å². The second kappa shape index (κ2) is 53.3. The molecule has 6 N–H and O–H groups in total. The van der Waals surface area contributed by atoms with E-state index in [1.165, 1.54) is 199 Å². The maximum Gasteiger partial charge on any atom is 0.220 e. The van der Waals surface area contributed by atoms with E-state index in [2.05, 4.69) is 67.8 Å². The highest BCUT2D eigenvalue weighted by Gasteiger charge is 2.44. The summed E-state index contributed by atoms with van der Waals surface area (Å²) in [6.45, 7) is 3.64. The highest BCUT2D eigenvalue weighted by molar-refractivity contribution is 5.76. The van der Waals surface area contributed by atoms with E-state index >= 15 is 0 Å². The van der Waals surface area contributed by atoms with Gasteiger partial charge in [-0.05, 0) is 57.8 Å². The van der Waals surface area contributed by atoms with E-state index in [1.54, 1.807) is 6.08 Å². The number of rotatable bonds is 53. The predicted molar refractivity (Wildman–Crippen MR) is 309 cm³/mol. The van der Waals surface area contributed by atoms with Crippen molar-refractivity contribution in [3.05, 3.63) is 60.8 Å². The molecule has 1 amide bonds. The van der Waals surface area contributed by atoms with Crippen molar-refractivity contribution in [2.45, 2.75) is 326 Å². The molecule has 1 rings (SSSR count). The van der Waals surface area contributed by atoms with Crippen LogP contribution in [0.1, 0.15) is 284 Å². The van der Waals surface area contributed by atoms with Crippen molar-refractivity contribution >= 4 is 5.91 Å². The van der Waals surface area contributed by atoms with Crippen molar-refractivity contribution in [3.8, 4) is 0 Å². The fourth-order valence-corrected chi connectivity index (χ4v) is 9.74. The summed E-state index contributed by atoms with van der Waals surface area (Å²) in [6, 6.07) is -0.801. The van der Waals surface area contributed by atoms with Gasteiger partial charge in [0.25, 0.3) is 0 Å². The normalized spacial score (nSPS) is 19.5.